The molecule has 1 aliphatic heterocycles. The highest BCUT2D eigenvalue weighted by atomic mass is 16.7. The summed E-state index contributed by atoms with van der Waals surface area (Å²) >= 11 is 0. The Bertz CT molecular complexity index is 790. The molecule has 1 saturated heterocycles. The summed E-state index contributed by atoms with van der Waals surface area (Å²) in [6.45, 7) is 15.8. The van der Waals surface area contributed by atoms with E-state index in [2.05, 4.69) is 10.6 Å². The predicted molar refractivity (Wildman–Crippen MR) is 141 cm³/mol. The number of carbonyl (C=O) groups is 3. The Hall–Kier alpha value is -1.81. The topological polar surface area (TPSA) is 117 Å². The highest BCUT2D eigenvalue weighted by Gasteiger charge is 2.55. The monoisotopic (exact) mass is 509 g/mol. The van der Waals surface area contributed by atoms with Gasteiger partial charge in [0.05, 0.1) is 11.2 Å². The molecule has 206 valence electrons. The van der Waals surface area contributed by atoms with Crippen molar-refractivity contribution in [1.82, 2.24) is 15.5 Å². The van der Waals surface area contributed by atoms with Crippen LogP contribution in [0.1, 0.15) is 100 Å². The van der Waals surface area contributed by atoms with Gasteiger partial charge in [0.1, 0.15) is 5.54 Å². The molecule has 0 spiro atoms. The quantitative estimate of drug-likeness (QED) is 0.284. The summed E-state index contributed by atoms with van der Waals surface area (Å²) in [4.78, 5) is 39.9. The zero-order valence-corrected chi connectivity index (χ0v) is 23.8. The molecule has 10 heteroatoms. The molecule has 2 fully saturated rings. The molecule has 0 aromatic carbocycles. The van der Waals surface area contributed by atoms with E-state index in [4.69, 9.17) is 14.4 Å². The second kappa shape index (κ2) is 11.3. The number of amides is 3. The van der Waals surface area contributed by atoms with Crippen LogP contribution in [0.5, 0.6) is 0 Å². The van der Waals surface area contributed by atoms with Gasteiger partial charge in [-0.1, -0.05) is 19.8 Å². The molecule has 0 unspecified atom stereocenters. The Balaban J connectivity index is 2.23. The van der Waals surface area contributed by atoms with Gasteiger partial charge in [-0.15, -0.1) is 0 Å². The largest absolute Gasteiger partial charge is 0.465 e. The fraction of sp³-hybridized carbons (Fsp3) is 0.885. The van der Waals surface area contributed by atoms with Gasteiger partial charge in [-0.3, -0.25) is 9.59 Å². The van der Waals surface area contributed by atoms with Crippen molar-refractivity contribution in [2.24, 2.45) is 5.92 Å². The van der Waals surface area contributed by atoms with Gasteiger partial charge < -0.3 is 29.9 Å². The van der Waals surface area contributed by atoms with Crippen LogP contribution in [-0.2, 0) is 18.9 Å². The fourth-order valence-electron chi connectivity index (χ4n) is 5.24. The summed E-state index contributed by atoms with van der Waals surface area (Å²) in [6, 6.07) is -0.214. The van der Waals surface area contributed by atoms with Crippen LogP contribution in [0.4, 0.5) is 4.79 Å². The maximum atomic E-state index is 13.9. The molecule has 0 bridgehead atoms. The standard InChI is InChI=1S/C26H48BN3O6/c1-10-13-20(31)30(9)26(21(32)29-23(2,3)4,18-16-19(17-18)28-22(33)34)14-11-12-15-27-35-24(5,6)25(7,8)36-27/h18-19,28H,10-17H2,1-9H3,(H,29,32)(H,33,34)/t18?,19?,26-/m0/s1. The Morgan fingerprint density at radius 2 is 1.61 bits per heavy atom. The van der Waals surface area contributed by atoms with E-state index in [0.29, 0.717) is 44.8 Å². The Morgan fingerprint density at radius 1 is 1.06 bits per heavy atom. The molecule has 1 heterocycles. The Labute approximate surface area is 217 Å². The van der Waals surface area contributed by atoms with Crippen LogP contribution in [0, 0.1) is 5.92 Å². The molecule has 1 saturated carbocycles. The summed E-state index contributed by atoms with van der Waals surface area (Å²) in [5, 5.41) is 14.8. The summed E-state index contributed by atoms with van der Waals surface area (Å²) in [6.07, 6.45) is 3.69. The van der Waals surface area contributed by atoms with Crippen LogP contribution in [0.25, 0.3) is 0 Å². The van der Waals surface area contributed by atoms with Crippen LogP contribution < -0.4 is 10.6 Å². The Morgan fingerprint density at radius 3 is 2.08 bits per heavy atom. The average Bonchev–Trinajstić information content (AvgIpc) is 2.89. The molecule has 1 atom stereocenters. The van der Waals surface area contributed by atoms with E-state index in [0.717, 1.165) is 6.42 Å². The van der Waals surface area contributed by atoms with Crippen LogP contribution in [-0.4, -0.2) is 70.4 Å². The third-order valence-electron chi connectivity index (χ3n) is 8.01. The predicted octanol–water partition coefficient (Wildman–Crippen LogP) is 4.21. The maximum Gasteiger partial charge on any atom is 0.457 e. The summed E-state index contributed by atoms with van der Waals surface area (Å²) < 4.78 is 12.3. The van der Waals surface area contributed by atoms with E-state index in [-0.39, 0.29) is 42.1 Å². The first-order valence-electron chi connectivity index (χ1n) is 13.4. The second-order valence-corrected chi connectivity index (χ2v) is 12.6. The van der Waals surface area contributed by atoms with Crippen LogP contribution >= 0.6 is 0 Å². The number of carbonyl (C=O) groups excluding carboxylic acids is 2. The normalized spacial score (nSPS) is 24.4. The minimum atomic E-state index is -1.07. The van der Waals surface area contributed by atoms with E-state index in [1.807, 2.05) is 55.4 Å². The minimum absolute atomic E-state index is 0.0674. The van der Waals surface area contributed by atoms with Crippen molar-refractivity contribution in [3.05, 3.63) is 0 Å². The van der Waals surface area contributed by atoms with Crippen molar-refractivity contribution < 1.29 is 28.8 Å². The van der Waals surface area contributed by atoms with Gasteiger partial charge in [-0.05, 0) is 86.4 Å². The molecule has 3 N–H and O–H groups in total. The van der Waals surface area contributed by atoms with Gasteiger partial charge in [0, 0.05) is 25.0 Å². The van der Waals surface area contributed by atoms with Crippen molar-refractivity contribution in [2.45, 2.75) is 135 Å². The maximum absolute atomic E-state index is 13.9. The first-order valence-corrected chi connectivity index (χ1v) is 13.4. The van der Waals surface area contributed by atoms with Gasteiger partial charge in [0.25, 0.3) is 0 Å². The molecule has 1 aliphatic carbocycles. The number of carboxylic acid groups (broad SMARTS) is 1. The van der Waals surface area contributed by atoms with Crippen LogP contribution in [0.3, 0.4) is 0 Å². The molecule has 36 heavy (non-hydrogen) atoms. The molecule has 0 aromatic rings. The number of nitrogens with zero attached hydrogens (tertiary/aromatic N) is 1. The zero-order valence-electron chi connectivity index (χ0n) is 23.8. The summed E-state index contributed by atoms with van der Waals surface area (Å²) in [5.41, 5.74) is -2.30. The van der Waals surface area contributed by atoms with Crippen molar-refractivity contribution in [1.29, 1.82) is 0 Å². The van der Waals surface area contributed by atoms with E-state index in [1.54, 1.807) is 11.9 Å². The van der Waals surface area contributed by atoms with E-state index in [9.17, 15) is 14.4 Å². The molecule has 0 aromatic heterocycles. The van der Waals surface area contributed by atoms with E-state index >= 15 is 0 Å². The van der Waals surface area contributed by atoms with Gasteiger partial charge >= 0.3 is 13.2 Å². The lowest BCUT2D eigenvalue weighted by molar-refractivity contribution is -0.155. The number of rotatable bonds is 11. The smallest absolute Gasteiger partial charge is 0.457 e. The second-order valence-electron chi connectivity index (χ2n) is 12.6. The van der Waals surface area contributed by atoms with E-state index < -0.39 is 17.2 Å². The molecular formula is C26H48BN3O6. The van der Waals surface area contributed by atoms with E-state index in [1.165, 1.54) is 0 Å². The fourth-order valence-corrected chi connectivity index (χ4v) is 5.24. The van der Waals surface area contributed by atoms with Gasteiger partial charge in [0.2, 0.25) is 11.8 Å². The van der Waals surface area contributed by atoms with Crippen molar-refractivity contribution in [3.8, 4) is 0 Å². The van der Waals surface area contributed by atoms with Crippen LogP contribution in [0.2, 0.25) is 6.32 Å². The number of likely N-dealkylation sites (N-methyl/N-ethyl adjacent to an activating group) is 1. The van der Waals surface area contributed by atoms with Gasteiger partial charge in [-0.2, -0.15) is 0 Å². The highest BCUT2D eigenvalue weighted by molar-refractivity contribution is 6.45. The average molecular weight is 509 g/mol. The lowest BCUT2D eigenvalue weighted by atomic mass is 9.64. The third kappa shape index (κ3) is 6.94. The zero-order chi connectivity index (χ0) is 27.5. The third-order valence-corrected chi connectivity index (χ3v) is 8.01. The van der Waals surface area contributed by atoms with Gasteiger partial charge in [0.15, 0.2) is 0 Å². The lowest BCUT2D eigenvalue weighted by Gasteiger charge is -2.52. The lowest BCUT2D eigenvalue weighted by Crippen LogP contribution is -2.69. The SMILES string of the molecule is CCCC(=O)N(C)[C@](CCCCB1OC(C)(C)C(C)(C)O1)(C(=O)NC(C)(C)C)C1CC(NC(=O)O)C1. The summed E-state index contributed by atoms with van der Waals surface area (Å²) in [5.74, 6) is -0.377. The van der Waals surface area contributed by atoms with Crippen molar-refractivity contribution >= 4 is 25.0 Å². The number of unbranched alkanes of at least 4 members (excludes halogenated alkanes) is 1. The first-order chi connectivity index (χ1) is 16.4. The molecule has 2 aliphatic rings. The number of nitrogens with one attached hydrogen (secondary N) is 2. The van der Waals surface area contributed by atoms with Crippen molar-refractivity contribution in [2.75, 3.05) is 7.05 Å². The van der Waals surface area contributed by atoms with Crippen molar-refractivity contribution in [3.63, 3.8) is 0 Å². The summed E-state index contributed by atoms with van der Waals surface area (Å²) in [7, 11) is 1.42. The van der Waals surface area contributed by atoms with Gasteiger partial charge in [-0.25, -0.2) is 4.79 Å². The highest BCUT2D eigenvalue weighted by Crippen LogP contribution is 2.44. The Kier molecular flexibility index (Phi) is 9.54. The first kappa shape index (κ1) is 30.4. The molecule has 3 amide bonds. The molecule has 2 rings (SSSR count). The minimum Gasteiger partial charge on any atom is -0.465 e. The van der Waals surface area contributed by atoms with Crippen LogP contribution in [0.15, 0.2) is 0 Å². The molecule has 0 radical (unpaired) electrons. The number of hydrogen-bond donors (Lipinski definition) is 3. The molecular weight excluding hydrogens is 461 g/mol. The number of hydrogen-bond acceptors (Lipinski definition) is 5. The molecule has 9 nitrogen and oxygen atoms in total.